The van der Waals surface area contributed by atoms with E-state index in [1.54, 1.807) is 12.1 Å². The van der Waals surface area contributed by atoms with Gasteiger partial charge in [0.25, 0.3) is 0 Å². The van der Waals surface area contributed by atoms with Crippen molar-refractivity contribution in [2.75, 3.05) is 0 Å². The number of terminal acetylenes is 1. The van der Waals surface area contributed by atoms with E-state index in [0.717, 1.165) is 5.56 Å². The fourth-order valence-corrected chi connectivity index (χ4v) is 2.05. The molecule has 4 nitrogen and oxygen atoms in total. The van der Waals surface area contributed by atoms with Crippen LogP contribution >= 0.6 is 0 Å². The summed E-state index contributed by atoms with van der Waals surface area (Å²) in [5, 5.41) is 8.23. The quantitative estimate of drug-likeness (QED) is 0.785. The maximum atomic E-state index is 11.2. The molecule has 0 saturated heterocycles. The Bertz CT molecular complexity index is 532. The lowest BCUT2D eigenvalue weighted by Crippen LogP contribution is -2.27. The van der Waals surface area contributed by atoms with E-state index in [1.165, 1.54) is 6.07 Å². The van der Waals surface area contributed by atoms with E-state index in [-0.39, 0.29) is 17.0 Å². The van der Waals surface area contributed by atoms with Crippen LogP contribution in [0.2, 0.25) is 0 Å². The summed E-state index contributed by atoms with van der Waals surface area (Å²) in [4.78, 5) is 0.108. The average molecular weight is 252 g/mol. The van der Waals surface area contributed by atoms with Crippen LogP contribution in [0.4, 0.5) is 0 Å². The van der Waals surface area contributed by atoms with Crippen LogP contribution in [0.25, 0.3) is 0 Å². The molecule has 0 bridgehead atoms. The van der Waals surface area contributed by atoms with Gasteiger partial charge in [0.1, 0.15) is 0 Å². The van der Waals surface area contributed by atoms with Gasteiger partial charge in [-0.2, -0.15) is 0 Å². The molecule has 0 aliphatic heterocycles. The summed E-state index contributed by atoms with van der Waals surface area (Å²) in [6.45, 7) is 3.77. The largest absolute Gasteiger partial charge is 0.297 e. The van der Waals surface area contributed by atoms with E-state index in [1.807, 2.05) is 19.9 Å². The molecular formula is C12H16N2O2S. The summed E-state index contributed by atoms with van der Waals surface area (Å²) in [5.74, 6) is 2.56. The predicted octanol–water partition coefficient (Wildman–Crippen LogP) is 1.01. The lowest BCUT2D eigenvalue weighted by atomic mass is 10.1. The zero-order chi connectivity index (χ0) is 13.1. The highest BCUT2D eigenvalue weighted by Crippen LogP contribution is 2.16. The highest BCUT2D eigenvalue weighted by molar-refractivity contribution is 7.89. The molecule has 1 rings (SSSR count). The third-order valence-electron chi connectivity index (χ3n) is 2.44. The Morgan fingerprint density at radius 3 is 2.59 bits per heavy atom. The molecule has 0 aliphatic rings. The minimum atomic E-state index is -3.66. The van der Waals surface area contributed by atoms with Crippen LogP contribution in [0, 0.1) is 12.3 Å². The maximum absolute atomic E-state index is 11.2. The lowest BCUT2D eigenvalue weighted by Gasteiger charge is -2.17. The molecule has 0 radical (unpaired) electrons. The summed E-state index contributed by atoms with van der Waals surface area (Å²) >= 11 is 0. The van der Waals surface area contributed by atoms with Crippen LogP contribution in [0.5, 0.6) is 0 Å². The lowest BCUT2D eigenvalue weighted by molar-refractivity contribution is 0.545. The van der Waals surface area contributed by atoms with Gasteiger partial charge in [0, 0.05) is 6.04 Å². The monoisotopic (exact) mass is 252 g/mol. The molecule has 2 atom stereocenters. The smallest absolute Gasteiger partial charge is 0.238 e. The molecule has 17 heavy (non-hydrogen) atoms. The second kappa shape index (κ2) is 5.32. The fraction of sp³-hybridized carbons (Fsp3) is 0.333. The number of hydrogen-bond donors (Lipinski definition) is 2. The van der Waals surface area contributed by atoms with Crippen LogP contribution in [0.3, 0.4) is 0 Å². The van der Waals surface area contributed by atoms with Crippen molar-refractivity contribution in [3.63, 3.8) is 0 Å². The number of sulfonamides is 1. The van der Waals surface area contributed by atoms with Crippen molar-refractivity contribution in [2.45, 2.75) is 30.8 Å². The molecule has 0 aliphatic carbocycles. The molecule has 2 unspecified atom stereocenters. The predicted molar refractivity (Wildman–Crippen MR) is 67.7 cm³/mol. The van der Waals surface area contributed by atoms with E-state index in [0.29, 0.717) is 0 Å². The van der Waals surface area contributed by atoms with E-state index < -0.39 is 10.0 Å². The molecule has 1 aromatic carbocycles. The average Bonchev–Trinajstić information content (AvgIpc) is 2.28. The van der Waals surface area contributed by atoms with Crippen LogP contribution in [0.1, 0.15) is 25.5 Å². The van der Waals surface area contributed by atoms with Gasteiger partial charge in [-0.05, 0) is 31.5 Å². The van der Waals surface area contributed by atoms with Crippen molar-refractivity contribution in [3.8, 4) is 12.3 Å². The number of nitrogens with two attached hydrogens (primary N) is 1. The van der Waals surface area contributed by atoms with Crippen molar-refractivity contribution in [1.29, 1.82) is 0 Å². The molecule has 0 heterocycles. The summed E-state index contributed by atoms with van der Waals surface area (Å²) in [6, 6.07) is 6.39. The molecule has 0 aromatic heterocycles. The van der Waals surface area contributed by atoms with Crippen molar-refractivity contribution in [1.82, 2.24) is 5.32 Å². The van der Waals surface area contributed by atoms with E-state index in [9.17, 15) is 8.42 Å². The minimum Gasteiger partial charge on any atom is -0.297 e. The van der Waals surface area contributed by atoms with E-state index in [4.69, 9.17) is 11.6 Å². The molecule has 3 N–H and O–H groups in total. The molecular weight excluding hydrogens is 236 g/mol. The Kier molecular flexibility index (Phi) is 4.29. The van der Waals surface area contributed by atoms with E-state index in [2.05, 4.69) is 11.2 Å². The van der Waals surface area contributed by atoms with Gasteiger partial charge >= 0.3 is 0 Å². The van der Waals surface area contributed by atoms with Gasteiger partial charge in [-0.1, -0.05) is 18.1 Å². The van der Waals surface area contributed by atoms with Gasteiger partial charge in [0.15, 0.2) is 0 Å². The SMILES string of the molecule is C#CC(C)NC(C)c1cccc(S(N)(=O)=O)c1. The Morgan fingerprint density at radius 2 is 2.06 bits per heavy atom. The summed E-state index contributed by atoms with van der Waals surface area (Å²) in [6.07, 6.45) is 5.27. The third-order valence-corrected chi connectivity index (χ3v) is 3.35. The van der Waals surface area contributed by atoms with Gasteiger partial charge in [0.2, 0.25) is 10.0 Å². The number of primary sulfonamides is 1. The van der Waals surface area contributed by atoms with Crippen molar-refractivity contribution in [3.05, 3.63) is 29.8 Å². The maximum Gasteiger partial charge on any atom is 0.238 e. The number of benzene rings is 1. The molecule has 0 spiro atoms. The first-order valence-electron chi connectivity index (χ1n) is 5.19. The first-order valence-corrected chi connectivity index (χ1v) is 6.74. The minimum absolute atomic E-state index is 0.0391. The number of nitrogens with one attached hydrogen (secondary N) is 1. The number of rotatable bonds is 4. The Balaban J connectivity index is 2.97. The van der Waals surface area contributed by atoms with Crippen LogP contribution < -0.4 is 10.5 Å². The molecule has 5 heteroatoms. The zero-order valence-electron chi connectivity index (χ0n) is 9.84. The van der Waals surface area contributed by atoms with Gasteiger partial charge < -0.3 is 0 Å². The number of hydrogen-bond acceptors (Lipinski definition) is 3. The van der Waals surface area contributed by atoms with Gasteiger partial charge in [-0.15, -0.1) is 6.42 Å². The summed E-state index contributed by atoms with van der Waals surface area (Å²) in [5.41, 5.74) is 0.832. The van der Waals surface area contributed by atoms with Crippen molar-refractivity contribution in [2.24, 2.45) is 5.14 Å². The third kappa shape index (κ3) is 3.86. The highest BCUT2D eigenvalue weighted by atomic mass is 32.2. The zero-order valence-corrected chi connectivity index (χ0v) is 10.7. The molecule has 92 valence electrons. The van der Waals surface area contributed by atoms with E-state index >= 15 is 0 Å². The Hall–Kier alpha value is -1.35. The molecule has 0 saturated carbocycles. The first-order chi connectivity index (χ1) is 7.84. The Labute approximate surface area is 102 Å². The van der Waals surface area contributed by atoms with Crippen LogP contribution in [-0.4, -0.2) is 14.5 Å². The van der Waals surface area contributed by atoms with Crippen molar-refractivity contribution < 1.29 is 8.42 Å². The fourth-order valence-electron chi connectivity index (χ4n) is 1.48. The Morgan fingerprint density at radius 1 is 1.41 bits per heavy atom. The molecule has 1 aromatic rings. The molecule has 0 amide bonds. The molecule has 0 fully saturated rings. The summed E-state index contributed by atoms with van der Waals surface area (Å²) < 4.78 is 22.4. The van der Waals surface area contributed by atoms with Gasteiger partial charge in [-0.25, -0.2) is 13.6 Å². The van der Waals surface area contributed by atoms with Crippen LogP contribution in [0.15, 0.2) is 29.2 Å². The topological polar surface area (TPSA) is 72.2 Å². The first kappa shape index (κ1) is 13.7. The van der Waals surface area contributed by atoms with Crippen molar-refractivity contribution >= 4 is 10.0 Å². The standard InChI is InChI=1S/C12H16N2O2S/c1-4-9(2)14-10(3)11-6-5-7-12(8-11)17(13,15)16/h1,5-10,14H,2-3H3,(H2,13,15,16). The second-order valence-corrected chi connectivity index (χ2v) is 5.46. The normalized spacial score (nSPS) is 14.9. The van der Waals surface area contributed by atoms with Crippen LogP contribution in [-0.2, 0) is 10.0 Å². The van der Waals surface area contributed by atoms with Gasteiger partial charge in [0.05, 0.1) is 10.9 Å². The highest BCUT2D eigenvalue weighted by Gasteiger charge is 2.12. The van der Waals surface area contributed by atoms with Gasteiger partial charge in [-0.3, -0.25) is 5.32 Å². The summed E-state index contributed by atoms with van der Waals surface area (Å²) in [7, 11) is -3.66. The second-order valence-electron chi connectivity index (χ2n) is 3.89.